The van der Waals surface area contributed by atoms with Gasteiger partial charge in [-0.05, 0) is 48.9 Å². The van der Waals surface area contributed by atoms with Crippen LogP contribution < -0.4 is 4.74 Å². The minimum Gasteiger partial charge on any atom is -0.482 e. The Morgan fingerprint density at radius 3 is 1.84 bits per heavy atom. The van der Waals surface area contributed by atoms with E-state index in [1.807, 2.05) is 0 Å². The summed E-state index contributed by atoms with van der Waals surface area (Å²) in [5.74, 6) is -0.765. The molecule has 2 nitrogen and oxygen atoms in total. The van der Waals surface area contributed by atoms with Crippen molar-refractivity contribution in [3.05, 3.63) is 64.5 Å². The molecule has 1 heterocycles. The Bertz CT molecular complexity index is 992. The number of benzene rings is 2. The molecule has 176 valence electrons. The minimum absolute atomic E-state index is 0.0276. The van der Waals surface area contributed by atoms with Crippen LogP contribution >= 0.6 is 0 Å². The first-order chi connectivity index (χ1) is 14.3. The Balaban J connectivity index is 2.03. The Labute approximate surface area is 174 Å². The first-order valence-electron chi connectivity index (χ1n) is 8.91. The zero-order valence-corrected chi connectivity index (χ0v) is 16.0. The molecule has 0 spiro atoms. The molecule has 12 heteroatoms. The van der Waals surface area contributed by atoms with E-state index >= 15 is 0 Å². The highest BCUT2D eigenvalue weighted by Gasteiger charge is 2.59. The minimum atomic E-state index is -5.46. The third kappa shape index (κ3) is 4.50. The fourth-order valence-corrected chi connectivity index (χ4v) is 3.67. The van der Waals surface area contributed by atoms with Gasteiger partial charge in [-0.25, -0.2) is 4.39 Å². The van der Waals surface area contributed by atoms with Gasteiger partial charge in [-0.3, -0.25) is 0 Å². The highest BCUT2D eigenvalue weighted by Crippen LogP contribution is 2.52. The number of hydrogen-bond acceptors (Lipinski definition) is 2. The predicted molar refractivity (Wildman–Crippen MR) is 90.2 cm³/mol. The van der Waals surface area contributed by atoms with Crippen LogP contribution in [-0.4, -0.2) is 16.9 Å². The first-order valence-corrected chi connectivity index (χ1v) is 8.91. The van der Waals surface area contributed by atoms with E-state index < -0.39 is 65.1 Å². The molecule has 2 aromatic rings. The zero-order chi connectivity index (χ0) is 24.3. The van der Waals surface area contributed by atoms with Crippen LogP contribution in [0.5, 0.6) is 5.75 Å². The molecule has 1 N–H and O–H groups in total. The summed E-state index contributed by atoms with van der Waals surface area (Å²) in [6.07, 6.45) is -18.9. The lowest BCUT2D eigenvalue weighted by Crippen LogP contribution is -2.54. The van der Waals surface area contributed by atoms with E-state index in [4.69, 9.17) is 4.74 Å². The highest BCUT2D eigenvalue weighted by molar-refractivity contribution is 5.46. The molecule has 3 rings (SSSR count). The van der Waals surface area contributed by atoms with E-state index in [0.717, 1.165) is 25.1 Å². The maximum Gasteiger partial charge on any atom is 0.417 e. The van der Waals surface area contributed by atoms with Crippen molar-refractivity contribution in [2.75, 3.05) is 0 Å². The van der Waals surface area contributed by atoms with E-state index in [2.05, 4.69) is 0 Å². The van der Waals surface area contributed by atoms with Gasteiger partial charge in [0.05, 0.1) is 11.1 Å². The maximum absolute atomic E-state index is 13.8. The maximum atomic E-state index is 13.8. The Morgan fingerprint density at radius 2 is 1.38 bits per heavy atom. The lowest BCUT2D eigenvalue weighted by atomic mass is 9.76. The number of halogens is 10. The van der Waals surface area contributed by atoms with Crippen LogP contribution in [0.2, 0.25) is 0 Å². The molecule has 0 radical (unpaired) electrons. The Kier molecular flexibility index (Phi) is 5.48. The molecule has 32 heavy (non-hydrogen) atoms. The number of alkyl halides is 9. The van der Waals surface area contributed by atoms with Gasteiger partial charge in [0.25, 0.3) is 0 Å². The second kappa shape index (κ2) is 7.26. The van der Waals surface area contributed by atoms with Crippen molar-refractivity contribution in [1.29, 1.82) is 0 Å². The molecular weight excluding hydrogens is 462 g/mol. The zero-order valence-electron chi connectivity index (χ0n) is 16.0. The summed E-state index contributed by atoms with van der Waals surface area (Å²) >= 11 is 0. The highest BCUT2D eigenvalue weighted by atomic mass is 19.4. The summed E-state index contributed by atoms with van der Waals surface area (Å²) in [6.45, 7) is 1.10. The van der Waals surface area contributed by atoms with Gasteiger partial charge in [0.1, 0.15) is 17.2 Å². The van der Waals surface area contributed by atoms with Crippen LogP contribution in [0, 0.1) is 5.82 Å². The number of aliphatic hydroxyl groups is 1. The molecule has 0 aromatic heterocycles. The molecule has 2 aromatic carbocycles. The number of hydrogen-bond donors (Lipinski definition) is 1. The molecule has 2 atom stereocenters. The van der Waals surface area contributed by atoms with Crippen LogP contribution in [0.15, 0.2) is 36.4 Å². The fourth-order valence-electron chi connectivity index (χ4n) is 3.67. The lowest BCUT2D eigenvalue weighted by molar-refractivity contribution is -0.275. The van der Waals surface area contributed by atoms with Crippen molar-refractivity contribution in [2.45, 2.75) is 49.5 Å². The number of fused-ring (bicyclic) bond motifs is 1. The van der Waals surface area contributed by atoms with Crippen molar-refractivity contribution in [3.63, 3.8) is 0 Å². The average molecular weight is 476 g/mol. The third-order valence-corrected chi connectivity index (χ3v) is 5.15. The topological polar surface area (TPSA) is 29.5 Å². The van der Waals surface area contributed by atoms with Crippen molar-refractivity contribution in [1.82, 2.24) is 0 Å². The van der Waals surface area contributed by atoms with Gasteiger partial charge in [-0.2, -0.15) is 39.5 Å². The normalized spacial score (nSPS) is 20.8. The van der Waals surface area contributed by atoms with Gasteiger partial charge in [0, 0.05) is 18.4 Å². The molecule has 0 saturated carbocycles. The second-order valence-electron chi connectivity index (χ2n) is 7.77. The SMILES string of the molecule is CC1(CC(O)(Cc2cc(C(F)(F)F)cc(C(F)(F)F)c2)C(F)(F)F)Oc2ccc(F)cc21. The third-order valence-electron chi connectivity index (χ3n) is 5.15. The summed E-state index contributed by atoms with van der Waals surface area (Å²) in [7, 11) is 0. The van der Waals surface area contributed by atoms with Crippen LogP contribution in [0.1, 0.15) is 35.6 Å². The molecule has 0 aliphatic carbocycles. The van der Waals surface area contributed by atoms with Crippen molar-refractivity contribution >= 4 is 0 Å². The fraction of sp³-hybridized carbons (Fsp3) is 0.400. The summed E-state index contributed by atoms with van der Waals surface area (Å²) in [6, 6.07) is 3.00. The molecule has 2 unspecified atom stereocenters. The molecule has 0 amide bonds. The van der Waals surface area contributed by atoms with Gasteiger partial charge >= 0.3 is 18.5 Å². The van der Waals surface area contributed by atoms with Crippen LogP contribution in [0.3, 0.4) is 0 Å². The largest absolute Gasteiger partial charge is 0.482 e. The van der Waals surface area contributed by atoms with Gasteiger partial charge < -0.3 is 9.84 Å². The van der Waals surface area contributed by atoms with E-state index in [1.54, 1.807) is 0 Å². The molecule has 0 fully saturated rings. The average Bonchev–Trinajstić information content (AvgIpc) is 2.60. The van der Waals surface area contributed by atoms with Gasteiger partial charge in [-0.1, -0.05) is 0 Å². The Morgan fingerprint density at radius 1 is 0.844 bits per heavy atom. The number of rotatable bonds is 4. The monoisotopic (exact) mass is 476 g/mol. The smallest absolute Gasteiger partial charge is 0.417 e. The quantitative estimate of drug-likeness (QED) is 0.518. The summed E-state index contributed by atoms with van der Waals surface area (Å²) in [4.78, 5) is 0. The molecule has 1 aliphatic rings. The van der Waals surface area contributed by atoms with E-state index in [-0.39, 0.29) is 29.5 Å². The lowest BCUT2D eigenvalue weighted by Gasteiger charge is -2.46. The predicted octanol–water partition coefficient (Wildman–Crippen LogP) is 6.40. The van der Waals surface area contributed by atoms with E-state index in [9.17, 15) is 49.0 Å². The van der Waals surface area contributed by atoms with Crippen LogP contribution in [0.4, 0.5) is 43.9 Å². The number of ether oxygens (including phenoxy) is 1. The first kappa shape index (κ1) is 24.1. The van der Waals surface area contributed by atoms with E-state index in [0.29, 0.717) is 0 Å². The van der Waals surface area contributed by atoms with Crippen LogP contribution in [-0.2, 0) is 24.4 Å². The van der Waals surface area contributed by atoms with Crippen LogP contribution in [0.25, 0.3) is 0 Å². The van der Waals surface area contributed by atoms with Crippen molar-refractivity contribution in [3.8, 4) is 5.75 Å². The standard InChI is InChI=1S/C20H14F10O2/c1-16(14-7-13(21)2-3-15(14)32-16)9-17(31,20(28,29)30)8-10-4-11(18(22,23)24)6-12(5-10)19(25,26)27/h2-7,31H,8-9H2,1H3. The molecule has 0 bridgehead atoms. The summed E-state index contributed by atoms with van der Waals surface area (Å²) in [5.41, 5.74) is -10.3. The summed E-state index contributed by atoms with van der Waals surface area (Å²) in [5, 5.41) is 10.4. The van der Waals surface area contributed by atoms with Gasteiger partial charge in [0.2, 0.25) is 0 Å². The molecule has 1 aliphatic heterocycles. The van der Waals surface area contributed by atoms with Crippen molar-refractivity contribution in [2.24, 2.45) is 0 Å². The molecule has 0 saturated heterocycles. The van der Waals surface area contributed by atoms with E-state index in [1.165, 1.54) is 0 Å². The van der Waals surface area contributed by atoms with Gasteiger partial charge in [0.15, 0.2) is 5.60 Å². The van der Waals surface area contributed by atoms with Gasteiger partial charge in [-0.15, -0.1) is 0 Å². The second-order valence-corrected chi connectivity index (χ2v) is 7.77. The summed E-state index contributed by atoms with van der Waals surface area (Å²) < 4.78 is 138. The Hall–Kier alpha value is -2.50. The van der Waals surface area contributed by atoms with Crippen molar-refractivity contribution < 1.29 is 53.7 Å². The molecular formula is C20H14F10O2.